The van der Waals surface area contributed by atoms with Gasteiger partial charge in [-0.2, -0.15) is 0 Å². The molecule has 0 atom stereocenters. The average molecular weight is 520 g/mol. The van der Waals surface area contributed by atoms with E-state index in [4.69, 9.17) is 4.74 Å². The third-order valence-corrected chi connectivity index (χ3v) is 12.9. The van der Waals surface area contributed by atoms with E-state index < -0.39 is 8.07 Å². The summed E-state index contributed by atoms with van der Waals surface area (Å²) in [5.74, 6) is 1.88. The van der Waals surface area contributed by atoms with Crippen molar-refractivity contribution in [3.63, 3.8) is 0 Å². The Hall–Kier alpha value is -4.02. The number of nitrogens with zero attached hydrogens (tertiary/aromatic N) is 1. The Morgan fingerprint density at radius 3 is 2.00 bits per heavy atom. The molecule has 0 saturated heterocycles. The molecule has 0 spiro atoms. The van der Waals surface area contributed by atoms with Crippen LogP contribution in [0.25, 0.3) is 11.1 Å². The second-order valence-corrected chi connectivity index (χ2v) is 16.5. The Bertz CT molecular complexity index is 1780. The van der Waals surface area contributed by atoms with E-state index in [-0.39, 0.29) is 12.3 Å². The van der Waals surface area contributed by atoms with Crippen LogP contribution < -0.4 is 30.8 Å². The zero-order chi connectivity index (χ0) is 26.5. The summed E-state index contributed by atoms with van der Waals surface area (Å²) >= 11 is 0. The van der Waals surface area contributed by atoms with Gasteiger partial charge in [0.1, 0.15) is 19.6 Å². The van der Waals surface area contributed by atoms with Crippen LogP contribution in [0.3, 0.4) is 0 Å². The predicted octanol–water partition coefficient (Wildman–Crippen LogP) is 6.18. The largest absolute Gasteiger partial charge is 0.458 e. The third-order valence-electron chi connectivity index (χ3n) is 9.35. The number of fused-ring (bicyclic) bond motifs is 8. The minimum atomic E-state index is -2.00. The highest BCUT2D eigenvalue weighted by Gasteiger charge is 2.49. The van der Waals surface area contributed by atoms with Gasteiger partial charge >= 0.3 is 6.85 Å². The molecule has 5 aromatic carbocycles. The van der Waals surface area contributed by atoms with E-state index in [1.54, 1.807) is 0 Å². The molecule has 3 aliphatic rings. The zero-order valence-electron chi connectivity index (χ0n) is 22.8. The highest BCUT2D eigenvalue weighted by Crippen LogP contribution is 2.54. The Balaban J connectivity index is 1.52. The Morgan fingerprint density at radius 1 is 0.641 bits per heavy atom. The number of benzene rings is 5. The molecule has 0 fully saturated rings. The maximum Gasteiger partial charge on any atom is 0.335 e. The number of para-hydroxylation sites is 3. The molecule has 4 heteroatoms. The average Bonchev–Trinajstić information content (AvgIpc) is 3.19. The topological polar surface area (TPSA) is 12.5 Å². The monoisotopic (exact) mass is 519 g/mol. The minimum absolute atomic E-state index is 0.00200. The normalized spacial score (nSPS) is 16.7. The molecular formula is C35H30BNOSi. The maximum atomic E-state index is 6.48. The fraction of sp³-hybridized carbons (Fsp3) is 0.143. The van der Waals surface area contributed by atoms with E-state index in [1.165, 1.54) is 54.9 Å². The first kappa shape index (κ1) is 22.9. The van der Waals surface area contributed by atoms with Gasteiger partial charge in [-0.05, 0) is 61.8 Å². The van der Waals surface area contributed by atoms with Gasteiger partial charge in [-0.15, -0.1) is 0 Å². The van der Waals surface area contributed by atoms with E-state index >= 15 is 0 Å². The summed E-state index contributed by atoms with van der Waals surface area (Å²) in [4.78, 5) is 2.68. The summed E-state index contributed by atoms with van der Waals surface area (Å²) in [5, 5.41) is 3.01. The van der Waals surface area contributed by atoms with Crippen molar-refractivity contribution in [2.45, 2.75) is 32.4 Å². The fourth-order valence-electron chi connectivity index (χ4n) is 7.51. The van der Waals surface area contributed by atoms with Crippen LogP contribution in [-0.2, 0) is 5.41 Å². The molecule has 1 aliphatic carbocycles. The van der Waals surface area contributed by atoms with E-state index in [2.05, 4.69) is 141 Å². The molecule has 0 bridgehead atoms. The number of hydrogen-bond donors (Lipinski definition) is 0. The van der Waals surface area contributed by atoms with Crippen LogP contribution in [0.1, 0.15) is 25.0 Å². The summed E-state index contributed by atoms with van der Waals surface area (Å²) in [5.41, 5.74) is 10.7. The van der Waals surface area contributed by atoms with Gasteiger partial charge in [0.2, 0.25) is 0 Å². The lowest BCUT2D eigenvalue weighted by Crippen LogP contribution is -2.66. The standard InChI is InChI=1S/C35H30BNOSi/c1-35(2)25-14-6-5-13-23(25)24-21-22-32-34(33(24)35)37(28-17-9-12-20-31(28)39(32,3)4)36-26-15-7-10-18-29(26)38-30-19-11-8-16-27(30)36/h5-22H,1-4H3. The van der Waals surface area contributed by atoms with E-state index in [1.807, 2.05) is 0 Å². The van der Waals surface area contributed by atoms with Gasteiger partial charge in [0, 0.05) is 16.8 Å². The summed E-state index contributed by atoms with van der Waals surface area (Å²) in [6.07, 6.45) is 0. The zero-order valence-corrected chi connectivity index (χ0v) is 23.8. The quantitative estimate of drug-likeness (QED) is 0.245. The number of anilines is 2. The molecule has 2 nitrogen and oxygen atoms in total. The van der Waals surface area contributed by atoms with Gasteiger partial charge in [-0.1, -0.05) is 118 Å². The van der Waals surface area contributed by atoms with Crippen LogP contribution in [0.5, 0.6) is 11.5 Å². The van der Waals surface area contributed by atoms with Crippen molar-refractivity contribution in [1.82, 2.24) is 0 Å². The van der Waals surface area contributed by atoms with Crippen molar-refractivity contribution in [3.8, 4) is 22.6 Å². The van der Waals surface area contributed by atoms with Crippen molar-refractivity contribution in [3.05, 3.63) is 120 Å². The number of ether oxygens (including phenoxy) is 1. The van der Waals surface area contributed by atoms with Crippen LogP contribution in [0.2, 0.25) is 13.1 Å². The summed E-state index contributed by atoms with van der Waals surface area (Å²) in [7, 11) is -2.00. The fourth-order valence-corrected chi connectivity index (χ4v) is 10.5. The third kappa shape index (κ3) is 2.93. The molecular weight excluding hydrogens is 489 g/mol. The molecule has 188 valence electrons. The highest BCUT2D eigenvalue weighted by atomic mass is 28.3. The van der Waals surface area contributed by atoms with Gasteiger partial charge in [0.05, 0.1) is 0 Å². The van der Waals surface area contributed by atoms with Crippen LogP contribution >= 0.6 is 0 Å². The Labute approximate surface area is 232 Å². The lowest BCUT2D eigenvalue weighted by Gasteiger charge is -2.47. The Morgan fingerprint density at radius 2 is 1.26 bits per heavy atom. The lowest BCUT2D eigenvalue weighted by molar-refractivity contribution is 0.487. The molecule has 0 amide bonds. The molecule has 8 rings (SSSR count). The first-order chi connectivity index (χ1) is 18.9. The molecule has 0 N–H and O–H groups in total. The molecule has 2 heterocycles. The first-order valence-electron chi connectivity index (χ1n) is 13.9. The highest BCUT2D eigenvalue weighted by molar-refractivity contribution is 7.04. The van der Waals surface area contributed by atoms with Gasteiger partial charge in [-0.25, -0.2) is 0 Å². The van der Waals surface area contributed by atoms with Crippen LogP contribution in [0.15, 0.2) is 109 Å². The summed E-state index contributed by atoms with van der Waals surface area (Å²) in [6.45, 7) is 9.88. The first-order valence-corrected chi connectivity index (χ1v) is 16.9. The second-order valence-electron chi connectivity index (χ2n) is 12.1. The van der Waals surface area contributed by atoms with Crippen molar-refractivity contribution in [2.24, 2.45) is 0 Å². The van der Waals surface area contributed by atoms with Crippen molar-refractivity contribution < 1.29 is 4.74 Å². The van der Waals surface area contributed by atoms with E-state index in [9.17, 15) is 0 Å². The SMILES string of the molecule is CC1(C)c2ccccc2-c2ccc3c(c21)N(B1c2ccccc2Oc2ccccc21)c1ccccc1[Si]3(C)C. The molecule has 2 aliphatic heterocycles. The molecule has 0 saturated carbocycles. The summed E-state index contributed by atoms with van der Waals surface area (Å²) in [6, 6.07) is 40.2. The van der Waals surface area contributed by atoms with Gasteiger partial charge in [0.25, 0.3) is 0 Å². The van der Waals surface area contributed by atoms with E-state index in [0.717, 1.165) is 11.5 Å². The van der Waals surface area contributed by atoms with Gasteiger partial charge in [-0.3, -0.25) is 0 Å². The van der Waals surface area contributed by atoms with Crippen molar-refractivity contribution >= 4 is 47.6 Å². The van der Waals surface area contributed by atoms with Crippen molar-refractivity contribution in [2.75, 3.05) is 4.81 Å². The Kier molecular flexibility index (Phi) is 4.57. The molecule has 0 aromatic heterocycles. The van der Waals surface area contributed by atoms with Crippen LogP contribution in [0, 0.1) is 0 Å². The smallest absolute Gasteiger partial charge is 0.335 e. The number of rotatable bonds is 1. The van der Waals surface area contributed by atoms with Crippen molar-refractivity contribution in [1.29, 1.82) is 0 Å². The molecule has 39 heavy (non-hydrogen) atoms. The van der Waals surface area contributed by atoms with Gasteiger partial charge < -0.3 is 9.55 Å². The predicted molar refractivity (Wildman–Crippen MR) is 167 cm³/mol. The van der Waals surface area contributed by atoms with Crippen LogP contribution in [0.4, 0.5) is 11.4 Å². The number of hydrogen-bond acceptors (Lipinski definition) is 2. The summed E-state index contributed by atoms with van der Waals surface area (Å²) < 4.78 is 6.48. The molecule has 0 radical (unpaired) electrons. The van der Waals surface area contributed by atoms with Gasteiger partial charge in [0.15, 0.2) is 0 Å². The minimum Gasteiger partial charge on any atom is -0.458 e. The molecule has 0 unspecified atom stereocenters. The molecule has 5 aromatic rings. The maximum absolute atomic E-state index is 6.48. The lowest BCUT2D eigenvalue weighted by atomic mass is 9.47. The second kappa shape index (κ2) is 7.77. The van der Waals surface area contributed by atoms with Crippen LogP contribution in [-0.4, -0.2) is 14.9 Å². The van der Waals surface area contributed by atoms with E-state index in [0.29, 0.717) is 0 Å².